The number of rotatable bonds is 3. The molecule has 1 saturated heterocycles. The van der Waals surface area contributed by atoms with E-state index in [2.05, 4.69) is 5.32 Å². The maximum absolute atomic E-state index is 10.2. The SMILES string of the molecule is N[C@@H]1CNC[C@@H]1CCC(=O)O. The largest absolute Gasteiger partial charge is 0.481 e. The molecule has 0 aromatic carbocycles. The molecule has 2 atom stereocenters. The van der Waals surface area contributed by atoms with Crippen LogP contribution in [0.3, 0.4) is 0 Å². The number of carbonyl (C=O) groups is 1. The Morgan fingerprint density at radius 2 is 2.36 bits per heavy atom. The van der Waals surface area contributed by atoms with E-state index in [0.29, 0.717) is 12.3 Å². The van der Waals surface area contributed by atoms with Gasteiger partial charge in [-0.05, 0) is 18.9 Å². The van der Waals surface area contributed by atoms with Gasteiger partial charge in [-0.1, -0.05) is 0 Å². The zero-order valence-electron chi connectivity index (χ0n) is 6.42. The third kappa shape index (κ3) is 2.48. The van der Waals surface area contributed by atoms with Crippen molar-refractivity contribution < 1.29 is 9.90 Å². The first-order valence-electron chi connectivity index (χ1n) is 3.88. The molecule has 4 N–H and O–H groups in total. The van der Waals surface area contributed by atoms with Crippen LogP contribution in [0.2, 0.25) is 0 Å². The fourth-order valence-corrected chi connectivity index (χ4v) is 1.38. The molecule has 4 nitrogen and oxygen atoms in total. The molecule has 1 aliphatic rings. The van der Waals surface area contributed by atoms with E-state index < -0.39 is 5.97 Å². The Balaban J connectivity index is 2.20. The molecule has 1 aliphatic heterocycles. The topological polar surface area (TPSA) is 75.3 Å². The minimum Gasteiger partial charge on any atom is -0.481 e. The van der Waals surface area contributed by atoms with Gasteiger partial charge in [-0.3, -0.25) is 4.79 Å². The molecule has 1 heterocycles. The third-order valence-electron chi connectivity index (χ3n) is 2.12. The lowest BCUT2D eigenvalue weighted by molar-refractivity contribution is -0.137. The number of aliphatic carboxylic acids is 1. The Labute approximate surface area is 65.8 Å². The molecule has 0 bridgehead atoms. The molecule has 0 amide bonds. The minimum atomic E-state index is -0.732. The summed E-state index contributed by atoms with van der Waals surface area (Å²) < 4.78 is 0. The lowest BCUT2D eigenvalue weighted by Gasteiger charge is -2.11. The van der Waals surface area contributed by atoms with Crippen LogP contribution in [-0.4, -0.2) is 30.2 Å². The van der Waals surface area contributed by atoms with Gasteiger partial charge in [0, 0.05) is 19.0 Å². The van der Waals surface area contributed by atoms with Crippen LogP contribution in [-0.2, 0) is 4.79 Å². The maximum atomic E-state index is 10.2. The van der Waals surface area contributed by atoms with E-state index in [9.17, 15) is 4.79 Å². The molecule has 1 fully saturated rings. The van der Waals surface area contributed by atoms with Gasteiger partial charge in [0.2, 0.25) is 0 Å². The van der Waals surface area contributed by atoms with Gasteiger partial charge >= 0.3 is 5.97 Å². The van der Waals surface area contributed by atoms with Crippen molar-refractivity contribution in [3.8, 4) is 0 Å². The van der Waals surface area contributed by atoms with Gasteiger partial charge in [0.05, 0.1) is 0 Å². The summed E-state index contributed by atoms with van der Waals surface area (Å²) >= 11 is 0. The number of hydrogen-bond donors (Lipinski definition) is 3. The second-order valence-electron chi connectivity index (χ2n) is 3.01. The van der Waals surface area contributed by atoms with Gasteiger partial charge in [0.15, 0.2) is 0 Å². The summed E-state index contributed by atoms with van der Waals surface area (Å²) in [5.74, 6) is -0.379. The van der Waals surface area contributed by atoms with Crippen molar-refractivity contribution >= 4 is 5.97 Å². The van der Waals surface area contributed by atoms with E-state index in [1.165, 1.54) is 0 Å². The van der Waals surface area contributed by atoms with Gasteiger partial charge < -0.3 is 16.2 Å². The molecule has 0 unspecified atom stereocenters. The Kier molecular flexibility index (Phi) is 2.84. The zero-order chi connectivity index (χ0) is 8.27. The van der Waals surface area contributed by atoms with Crippen LogP contribution in [0, 0.1) is 5.92 Å². The Morgan fingerprint density at radius 3 is 2.82 bits per heavy atom. The fourth-order valence-electron chi connectivity index (χ4n) is 1.38. The normalized spacial score (nSPS) is 30.6. The number of carboxylic acids is 1. The number of nitrogens with one attached hydrogen (secondary N) is 1. The average Bonchev–Trinajstić information content (AvgIpc) is 2.31. The third-order valence-corrected chi connectivity index (χ3v) is 2.12. The van der Waals surface area contributed by atoms with Crippen molar-refractivity contribution in [3.05, 3.63) is 0 Å². The molecule has 0 aromatic rings. The summed E-state index contributed by atoms with van der Waals surface area (Å²) in [6.45, 7) is 1.69. The smallest absolute Gasteiger partial charge is 0.303 e. The first-order chi connectivity index (χ1) is 5.20. The minimum absolute atomic E-state index is 0.148. The van der Waals surface area contributed by atoms with Crippen LogP contribution in [0.15, 0.2) is 0 Å². The number of nitrogens with two attached hydrogens (primary N) is 1. The highest BCUT2D eigenvalue weighted by Gasteiger charge is 2.23. The van der Waals surface area contributed by atoms with E-state index in [-0.39, 0.29) is 12.5 Å². The van der Waals surface area contributed by atoms with Crippen molar-refractivity contribution in [1.82, 2.24) is 5.32 Å². The van der Waals surface area contributed by atoms with E-state index in [1.807, 2.05) is 0 Å². The first-order valence-corrected chi connectivity index (χ1v) is 3.88. The highest BCUT2D eigenvalue weighted by Crippen LogP contribution is 2.13. The van der Waals surface area contributed by atoms with Gasteiger partial charge in [-0.15, -0.1) is 0 Å². The van der Waals surface area contributed by atoms with Crippen molar-refractivity contribution in [2.24, 2.45) is 11.7 Å². The van der Waals surface area contributed by atoms with Crippen molar-refractivity contribution in [1.29, 1.82) is 0 Å². The predicted octanol–water partition coefficient (Wildman–Crippen LogP) is -0.602. The van der Waals surface area contributed by atoms with Crippen LogP contribution in [0.5, 0.6) is 0 Å². The van der Waals surface area contributed by atoms with E-state index in [4.69, 9.17) is 10.8 Å². The predicted molar refractivity (Wildman–Crippen MR) is 41.2 cm³/mol. The van der Waals surface area contributed by atoms with E-state index >= 15 is 0 Å². The highest BCUT2D eigenvalue weighted by molar-refractivity contribution is 5.66. The average molecular weight is 158 g/mol. The lowest BCUT2D eigenvalue weighted by atomic mass is 9.99. The van der Waals surface area contributed by atoms with E-state index in [1.54, 1.807) is 0 Å². The highest BCUT2D eigenvalue weighted by atomic mass is 16.4. The van der Waals surface area contributed by atoms with Crippen LogP contribution < -0.4 is 11.1 Å². The molecule has 11 heavy (non-hydrogen) atoms. The molecule has 0 saturated carbocycles. The maximum Gasteiger partial charge on any atom is 0.303 e. The van der Waals surface area contributed by atoms with Crippen molar-refractivity contribution in [3.63, 3.8) is 0 Å². The van der Waals surface area contributed by atoms with Crippen LogP contribution in [0.25, 0.3) is 0 Å². The molecule has 0 aliphatic carbocycles. The Hall–Kier alpha value is -0.610. The summed E-state index contributed by atoms with van der Waals surface area (Å²) in [4.78, 5) is 10.2. The summed E-state index contributed by atoms with van der Waals surface area (Å²) in [6, 6.07) is 0.148. The summed E-state index contributed by atoms with van der Waals surface area (Å²) in [6.07, 6.45) is 0.934. The molecule has 1 rings (SSSR count). The first kappa shape index (κ1) is 8.49. The molecular formula is C7H14N2O2. The summed E-state index contributed by atoms with van der Waals surface area (Å²) in [5.41, 5.74) is 5.71. The zero-order valence-corrected chi connectivity index (χ0v) is 6.42. The van der Waals surface area contributed by atoms with Gasteiger partial charge in [0.1, 0.15) is 0 Å². The summed E-state index contributed by atoms with van der Waals surface area (Å²) in [7, 11) is 0. The van der Waals surface area contributed by atoms with Crippen LogP contribution in [0.4, 0.5) is 0 Å². The quantitative estimate of drug-likeness (QED) is 0.512. The molecule has 0 radical (unpaired) electrons. The number of hydrogen-bond acceptors (Lipinski definition) is 3. The molecular weight excluding hydrogens is 144 g/mol. The monoisotopic (exact) mass is 158 g/mol. The van der Waals surface area contributed by atoms with Crippen LogP contribution in [0.1, 0.15) is 12.8 Å². The standard InChI is InChI=1S/C7H14N2O2/c8-6-4-9-3-5(6)1-2-7(10)11/h5-6,9H,1-4,8H2,(H,10,11)/t5-,6+/m0/s1. The molecule has 0 aromatic heterocycles. The van der Waals surface area contributed by atoms with Crippen molar-refractivity contribution in [2.75, 3.05) is 13.1 Å². The lowest BCUT2D eigenvalue weighted by Crippen LogP contribution is -2.29. The van der Waals surface area contributed by atoms with Crippen molar-refractivity contribution in [2.45, 2.75) is 18.9 Å². The molecule has 0 spiro atoms. The second-order valence-corrected chi connectivity index (χ2v) is 3.01. The van der Waals surface area contributed by atoms with Gasteiger partial charge in [-0.25, -0.2) is 0 Å². The Morgan fingerprint density at radius 1 is 1.64 bits per heavy atom. The number of carboxylic acid groups (broad SMARTS) is 1. The second kappa shape index (κ2) is 3.69. The summed E-state index contributed by atoms with van der Waals surface area (Å²) in [5, 5.41) is 11.5. The van der Waals surface area contributed by atoms with Crippen LogP contribution >= 0.6 is 0 Å². The molecule has 64 valence electrons. The van der Waals surface area contributed by atoms with Gasteiger partial charge in [-0.2, -0.15) is 0 Å². The van der Waals surface area contributed by atoms with Gasteiger partial charge in [0.25, 0.3) is 0 Å². The fraction of sp³-hybridized carbons (Fsp3) is 0.857. The Bertz CT molecular complexity index is 149. The molecule has 4 heteroatoms. The van der Waals surface area contributed by atoms with E-state index in [0.717, 1.165) is 13.1 Å².